The summed E-state index contributed by atoms with van der Waals surface area (Å²) in [5.41, 5.74) is 2.30. The summed E-state index contributed by atoms with van der Waals surface area (Å²) in [7, 11) is 0. The number of carbonyl (C=O) groups excluding carboxylic acids is 1. The molecule has 2 aromatic carbocycles. The second-order valence-electron chi connectivity index (χ2n) is 6.55. The van der Waals surface area contributed by atoms with E-state index < -0.39 is 0 Å². The molecule has 132 valence electrons. The smallest absolute Gasteiger partial charge is 0.317 e. The Morgan fingerprint density at radius 3 is 2.60 bits per heavy atom. The van der Waals surface area contributed by atoms with Crippen LogP contribution in [0.5, 0.6) is 0 Å². The van der Waals surface area contributed by atoms with Crippen LogP contribution in [0, 0.1) is 0 Å². The number of nitrogens with one attached hydrogen (secondary N) is 1. The maximum Gasteiger partial charge on any atom is 0.317 e. The molecule has 0 radical (unpaired) electrons. The molecule has 4 heteroatoms. The van der Waals surface area contributed by atoms with E-state index in [1.165, 1.54) is 5.56 Å². The minimum Gasteiger partial charge on any atom is -0.338 e. The summed E-state index contributed by atoms with van der Waals surface area (Å²) < 4.78 is 0. The maximum atomic E-state index is 12.8. The van der Waals surface area contributed by atoms with E-state index in [1.807, 2.05) is 47.4 Å². The van der Waals surface area contributed by atoms with Gasteiger partial charge in [0.15, 0.2) is 0 Å². The van der Waals surface area contributed by atoms with E-state index in [1.54, 1.807) is 0 Å². The van der Waals surface area contributed by atoms with Crippen LogP contribution in [0.1, 0.15) is 42.9 Å². The van der Waals surface area contributed by atoms with Crippen molar-refractivity contribution < 1.29 is 4.79 Å². The van der Waals surface area contributed by atoms with Crippen LogP contribution in [0.15, 0.2) is 54.6 Å². The lowest BCUT2D eigenvalue weighted by Gasteiger charge is -2.31. The van der Waals surface area contributed by atoms with E-state index in [4.69, 9.17) is 11.6 Å². The van der Waals surface area contributed by atoms with Gasteiger partial charge in [0.25, 0.3) is 0 Å². The molecule has 1 fully saturated rings. The molecule has 1 aliphatic rings. The summed E-state index contributed by atoms with van der Waals surface area (Å²) in [6.07, 6.45) is 5.15. The van der Waals surface area contributed by atoms with E-state index in [9.17, 15) is 4.79 Å². The van der Waals surface area contributed by atoms with Crippen molar-refractivity contribution in [3.05, 3.63) is 70.7 Å². The van der Waals surface area contributed by atoms with E-state index in [0.29, 0.717) is 6.54 Å². The zero-order valence-corrected chi connectivity index (χ0v) is 15.2. The minimum absolute atomic E-state index is 0.0164. The summed E-state index contributed by atoms with van der Waals surface area (Å²) in [6.45, 7) is 1.43. The molecule has 3 rings (SSSR count). The molecule has 25 heavy (non-hydrogen) atoms. The summed E-state index contributed by atoms with van der Waals surface area (Å²) in [4.78, 5) is 14.8. The Balaban J connectivity index is 1.66. The Hall–Kier alpha value is -2.00. The highest BCUT2D eigenvalue weighted by molar-refractivity contribution is 6.31. The van der Waals surface area contributed by atoms with Crippen LogP contribution < -0.4 is 5.32 Å². The number of hydrogen-bond donors (Lipinski definition) is 1. The van der Waals surface area contributed by atoms with Crippen LogP contribution >= 0.6 is 11.6 Å². The third kappa shape index (κ3) is 4.76. The van der Waals surface area contributed by atoms with Crippen LogP contribution in [-0.4, -0.2) is 24.0 Å². The minimum atomic E-state index is 0.0164. The number of amides is 2. The Morgan fingerprint density at radius 1 is 1.04 bits per heavy atom. The van der Waals surface area contributed by atoms with Crippen molar-refractivity contribution in [3.8, 4) is 0 Å². The lowest BCUT2D eigenvalue weighted by atomic mass is 10.0. The number of hydrogen-bond acceptors (Lipinski definition) is 1. The molecule has 1 heterocycles. The van der Waals surface area contributed by atoms with Crippen LogP contribution in [0.2, 0.25) is 5.02 Å². The first-order valence-electron chi connectivity index (χ1n) is 9.08. The van der Waals surface area contributed by atoms with Gasteiger partial charge in [-0.05, 0) is 36.5 Å². The standard InChI is InChI=1S/C21H25ClN2O/c22-19-12-7-6-11-18(19)20-13-5-2-8-16-24(20)21(25)23-15-14-17-9-3-1-4-10-17/h1,3-4,6-7,9-12,20H,2,5,8,13-16H2,(H,23,25)/t20-/m0/s1. The van der Waals surface area contributed by atoms with Crippen molar-refractivity contribution in [2.24, 2.45) is 0 Å². The highest BCUT2D eigenvalue weighted by atomic mass is 35.5. The van der Waals surface area contributed by atoms with Crippen LogP contribution in [0.25, 0.3) is 0 Å². The van der Waals surface area contributed by atoms with Gasteiger partial charge in [-0.1, -0.05) is 73.0 Å². The second-order valence-corrected chi connectivity index (χ2v) is 6.95. The average Bonchev–Trinajstić information content (AvgIpc) is 2.89. The third-order valence-electron chi connectivity index (χ3n) is 4.81. The molecule has 2 amide bonds. The molecule has 1 aliphatic heterocycles. The largest absolute Gasteiger partial charge is 0.338 e. The van der Waals surface area contributed by atoms with Gasteiger partial charge in [-0.15, -0.1) is 0 Å². The second kappa shape index (κ2) is 8.91. The Labute approximate surface area is 155 Å². The number of halogens is 1. The number of likely N-dealkylation sites (tertiary alicyclic amines) is 1. The van der Waals surface area contributed by atoms with Gasteiger partial charge in [0.1, 0.15) is 0 Å². The molecule has 0 aromatic heterocycles. The van der Waals surface area contributed by atoms with Gasteiger partial charge in [0.05, 0.1) is 6.04 Å². The molecule has 2 aromatic rings. The van der Waals surface area contributed by atoms with E-state index in [-0.39, 0.29) is 12.1 Å². The number of carbonyl (C=O) groups is 1. The molecule has 0 saturated carbocycles. The van der Waals surface area contributed by atoms with Crippen LogP contribution in [-0.2, 0) is 6.42 Å². The van der Waals surface area contributed by atoms with Crippen molar-refractivity contribution in [1.29, 1.82) is 0 Å². The molecule has 3 nitrogen and oxygen atoms in total. The Bertz CT molecular complexity index is 689. The lowest BCUT2D eigenvalue weighted by molar-refractivity contribution is 0.176. The molecular weight excluding hydrogens is 332 g/mol. The number of benzene rings is 2. The molecule has 1 saturated heterocycles. The maximum absolute atomic E-state index is 12.8. The van der Waals surface area contributed by atoms with E-state index in [2.05, 4.69) is 17.4 Å². The third-order valence-corrected chi connectivity index (χ3v) is 5.15. The first-order chi connectivity index (χ1) is 12.3. The fraction of sp³-hybridized carbons (Fsp3) is 0.381. The van der Waals surface area contributed by atoms with Gasteiger partial charge in [-0.3, -0.25) is 0 Å². The SMILES string of the molecule is O=C(NCCc1ccccc1)N1CCCCC[C@H]1c1ccccc1Cl. The zero-order valence-electron chi connectivity index (χ0n) is 14.5. The van der Waals surface area contributed by atoms with Crippen molar-refractivity contribution in [2.75, 3.05) is 13.1 Å². The van der Waals surface area contributed by atoms with Crippen molar-refractivity contribution in [1.82, 2.24) is 10.2 Å². The van der Waals surface area contributed by atoms with Gasteiger partial charge in [-0.25, -0.2) is 4.79 Å². The molecule has 0 bridgehead atoms. The Morgan fingerprint density at radius 2 is 1.80 bits per heavy atom. The molecule has 0 aliphatic carbocycles. The predicted octanol–water partition coefficient (Wildman–Crippen LogP) is 5.21. The average molecular weight is 357 g/mol. The predicted molar refractivity (Wildman–Crippen MR) is 103 cm³/mol. The van der Waals surface area contributed by atoms with Gasteiger partial charge in [0, 0.05) is 18.1 Å². The van der Waals surface area contributed by atoms with Crippen LogP contribution in [0.4, 0.5) is 4.79 Å². The van der Waals surface area contributed by atoms with Crippen molar-refractivity contribution in [3.63, 3.8) is 0 Å². The summed E-state index contributed by atoms with van der Waals surface area (Å²) >= 11 is 6.41. The number of rotatable bonds is 4. The zero-order chi connectivity index (χ0) is 17.5. The van der Waals surface area contributed by atoms with Gasteiger partial charge >= 0.3 is 6.03 Å². The summed E-state index contributed by atoms with van der Waals surface area (Å²) in [6, 6.07) is 18.2. The van der Waals surface area contributed by atoms with Crippen molar-refractivity contribution in [2.45, 2.75) is 38.1 Å². The lowest BCUT2D eigenvalue weighted by Crippen LogP contribution is -2.43. The van der Waals surface area contributed by atoms with Crippen molar-refractivity contribution >= 4 is 17.6 Å². The highest BCUT2D eigenvalue weighted by Gasteiger charge is 2.27. The summed E-state index contributed by atoms with van der Waals surface area (Å²) in [5.74, 6) is 0. The fourth-order valence-electron chi connectivity index (χ4n) is 3.48. The molecular formula is C21H25ClN2O. The number of urea groups is 1. The van der Waals surface area contributed by atoms with E-state index >= 15 is 0 Å². The Kier molecular flexibility index (Phi) is 6.35. The highest BCUT2D eigenvalue weighted by Crippen LogP contribution is 2.34. The topological polar surface area (TPSA) is 32.3 Å². The summed E-state index contributed by atoms with van der Waals surface area (Å²) in [5, 5.41) is 3.84. The fourth-order valence-corrected chi connectivity index (χ4v) is 3.74. The monoisotopic (exact) mass is 356 g/mol. The van der Waals surface area contributed by atoms with Gasteiger partial charge in [0.2, 0.25) is 0 Å². The molecule has 1 N–H and O–H groups in total. The van der Waals surface area contributed by atoms with E-state index in [0.717, 1.165) is 49.2 Å². The first-order valence-corrected chi connectivity index (χ1v) is 9.46. The van der Waals surface area contributed by atoms with Crippen LogP contribution in [0.3, 0.4) is 0 Å². The van der Waals surface area contributed by atoms with Gasteiger partial charge < -0.3 is 10.2 Å². The molecule has 0 unspecified atom stereocenters. The molecule has 0 spiro atoms. The number of nitrogens with zero attached hydrogens (tertiary/aromatic N) is 1. The molecule has 1 atom stereocenters. The quantitative estimate of drug-likeness (QED) is 0.801. The normalized spacial score (nSPS) is 17.8. The first kappa shape index (κ1) is 17.8. The van der Waals surface area contributed by atoms with Gasteiger partial charge in [-0.2, -0.15) is 0 Å².